The zero-order valence-electron chi connectivity index (χ0n) is 11.4. The summed E-state index contributed by atoms with van der Waals surface area (Å²) < 4.78 is 5.59. The first-order valence-corrected chi connectivity index (χ1v) is 6.90. The van der Waals surface area contributed by atoms with Crippen LogP contribution in [0.4, 0.5) is 5.69 Å². The monoisotopic (exact) mass is 283 g/mol. The first-order chi connectivity index (χ1) is 10.1. The zero-order valence-corrected chi connectivity index (χ0v) is 11.4. The summed E-state index contributed by atoms with van der Waals surface area (Å²) in [7, 11) is 0. The van der Waals surface area contributed by atoms with E-state index in [4.69, 9.17) is 4.74 Å². The number of anilines is 1. The molecule has 2 amide bonds. The topological polar surface area (TPSA) is 63.7 Å². The van der Waals surface area contributed by atoms with E-state index in [1.807, 2.05) is 12.2 Å². The molecule has 0 unspecified atom stereocenters. The van der Waals surface area contributed by atoms with E-state index in [-0.39, 0.29) is 29.8 Å². The molecule has 3 heterocycles. The lowest BCUT2D eigenvalue weighted by Gasteiger charge is -2.17. The predicted octanol–water partition coefficient (Wildman–Crippen LogP) is 1.33. The highest BCUT2D eigenvalue weighted by Crippen LogP contribution is 2.46. The van der Waals surface area contributed by atoms with Crippen molar-refractivity contribution in [1.82, 2.24) is 0 Å². The first-order valence-electron chi connectivity index (χ1n) is 6.90. The van der Waals surface area contributed by atoms with Crippen LogP contribution in [-0.4, -0.2) is 29.8 Å². The summed E-state index contributed by atoms with van der Waals surface area (Å²) in [4.78, 5) is 37.6. The third kappa shape index (κ3) is 1.58. The van der Waals surface area contributed by atoms with Crippen LogP contribution in [0.15, 0.2) is 36.4 Å². The van der Waals surface area contributed by atoms with E-state index in [0.717, 1.165) is 0 Å². The van der Waals surface area contributed by atoms with E-state index in [9.17, 15) is 14.4 Å². The molecule has 2 bridgehead atoms. The third-order valence-electron chi connectivity index (χ3n) is 4.44. The molecule has 5 heteroatoms. The third-order valence-corrected chi connectivity index (χ3v) is 4.44. The lowest BCUT2D eigenvalue weighted by atomic mass is 9.85. The van der Waals surface area contributed by atoms with Gasteiger partial charge in [0.2, 0.25) is 11.8 Å². The Kier molecular flexibility index (Phi) is 2.44. The van der Waals surface area contributed by atoms with Gasteiger partial charge in [-0.2, -0.15) is 0 Å². The van der Waals surface area contributed by atoms with Crippen molar-refractivity contribution in [1.29, 1.82) is 0 Å². The maximum absolute atomic E-state index is 12.5. The standard InChI is InChI=1S/C16H13NO4/c1-8(18)9-2-4-10(5-3-9)17-15(19)13-11-6-7-12(21-11)14(13)16(17)20/h2-7,11-14H,1H3/t11-,12-,13-,14+/m1/s1. The average Bonchev–Trinajstić information content (AvgIpc) is 3.13. The van der Waals surface area contributed by atoms with Gasteiger partial charge in [0.25, 0.3) is 0 Å². The number of benzene rings is 1. The predicted molar refractivity (Wildman–Crippen MR) is 73.7 cm³/mol. The molecule has 21 heavy (non-hydrogen) atoms. The summed E-state index contributed by atoms with van der Waals surface area (Å²) in [6, 6.07) is 6.55. The van der Waals surface area contributed by atoms with Gasteiger partial charge in [0.15, 0.2) is 5.78 Å². The van der Waals surface area contributed by atoms with E-state index < -0.39 is 11.8 Å². The van der Waals surface area contributed by atoms with Gasteiger partial charge in [-0.25, -0.2) is 4.90 Å². The molecule has 0 radical (unpaired) electrons. The van der Waals surface area contributed by atoms with E-state index in [1.165, 1.54) is 11.8 Å². The summed E-state index contributed by atoms with van der Waals surface area (Å²) in [6.45, 7) is 1.48. The number of Topliss-reactive ketones (excluding diaryl/α,β-unsaturated/α-hetero) is 1. The average molecular weight is 283 g/mol. The van der Waals surface area contributed by atoms with Crippen molar-refractivity contribution in [3.05, 3.63) is 42.0 Å². The summed E-state index contributed by atoms with van der Waals surface area (Å²) in [6.07, 6.45) is 3.16. The maximum atomic E-state index is 12.5. The second-order valence-electron chi connectivity index (χ2n) is 5.62. The smallest absolute Gasteiger partial charge is 0.240 e. The van der Waals surface area contributed by atoms with Gasteiger partial charge in [-0.3, -0.25) is 14.4 Å². The fraction of sp³-hybridized carbons (Fsp3) is 0.312. The molecular weight excluding hydrogens is 270 g/mol. The molecule has 0 aliphatic carbocycles. The largest absolute Gasteiger partial charge is 0.365 e. The van der Waals surface area contributed by atoms with Gasteiger partial charge in [0.05, 0.1) is 29.7 Å². The van der Waals surface area contributed by atoms with Crippen LogP contribution < -0.4 is 4.90 Å². The molecule has 3 aliphatic rings. The molecular formula is C16H13NO4. The lowest BCUT2D eigenvalue weighted by molar-refractivity contribution is -0.124. The molecule has 5 nitrogen and oxygen atoms in total. The number of fused-ring (bicyclic) bond motifs is 5. The summed E-state index contributed by atoms with van der Waals surface area (Å²) >= 11 is 0. The second kappa shape index (κ2) is 4.11. The van der Waals surface area contributed by atoms with Crippen LogP contribution >= 0.6 is 0 Å². The van der Waals surface area contributed by atoms with E-state index in [0.29, 0.717) is 11.3 Å². The lowest BCUT2D eigenvalue weighted by Crippen LogP contribution is -2.34. The number of carbonyl (C=O) groups excluding carboxylic acids is 3. The van der Waals surface area contributed by atoms with E-state index in [2.05, 4.69) is 0 Å². The van der Waals surface area contributed by atoms with Gasteiger partial charge in [0.1, 0.15) is 0 Å². The Balaban J connectivity index is 1.69. The minimum Gasteiger partial charge on any atom is -0.365 e. The number of hydrogen-bond acceptors (Lipinski definition) is 4. The van der Waals surface area contributed by atoms with Gasteiger partial charge < -0.3 is 4.74 Å². The Hall–Kier alpha value is -2.27. The molecule has 0 spiro atoms. The molecule has 1 aromatic carbocycles. The van der Waals surface area contributed by atoms with Crippen molar-refractivity contribution in [2.75, 3.05) is 4.90 Å². The van der Waals surface area contributed by atoms with Crippen LogP contribution in [0, 0.1) is 11.8 Å². The number of amides is 2. The number of carbonyl (C=O) groups is 3. The molecule has 4 atom stereocenters. The minimum absolute atomic E-state index is 0.0480. The first kappa shape index (κ1) is 12.5. The number of imide groups is 1. The van der Waals surface area contributed by atoms with Crippen LogP contribution in [-0.2, 0) is 14.3 Å². The molecule has 106 valence electrons. The van der Waals surface area contributed by atoms with Crippen LogP contribution in [0.3, 0.4) is 0 Å². The highest BCUT2D eigenvalue weighted by atomic mass is 16.5. The van der Waals surface area contributed by atoms with Crippen LogP contribution in [0.25, 0.3) is 0 Å². The number of hydrogen-bond donors (Lipinski definition) is 0. The van der Waals surface area contributed by atoms with Gasteiger partial charge in [-0.1, -0.05) is 12.2 Å². The molecule has 1 aromatic rings. The summed E-state index contributed by atoms with van der Waals surface area (Å²) in [5.74, 6) is -1.28. The highest BCUT2D eigenvalue weighted by molar-refractivity contribution is 6.23. The fourth-order valence-corrected chi connectivity index (χ4v) is 3.40. The van der Waals surface area contributed by atoms with Crippen LogP contribution in [0.1, 0.15) is 17.3 Å². The van der Waals surface area contributed by atoms with Crippen molar-refractivity contribution < 1.29 is 19.1 Å². The Labute approximate surface area is 121 Å². The molecule has 0 aromatic heterocycles. The number of rotatable bonds is 2. The van der Waals surface area contributed by atoms with Gasteiger partial charge in [0, 0.05) is 5.56 Å². The highest BCUT2D eigenvalue weighted by Gasteiger charge is 2.60. The van der Waals surface area contributed by atoms with Crippen molar-refractivity contribution in [2.24, 2.45) is 11.8 Å². The van der Waals surface area contributed by atoms with Crippen molar-refractivity contribution in [3.63, 3.8) is 0 Å². The van der Waals surface area contributed by atoms with Crippen LogP contribution in [0.2, 0.25) is 0 Å². The maximum Gasteiger partial charge on any atom is 0.240 e. The van der Waals surface area contributed by atoms with Gasteiger partial charge >= 0.3 is 0 Å². The Morgan fingerprint density at radius 1 is 1.00 bits per heavy atom. The zero-order chi connectivity index (χ0) is 14.7. The Morgan fingerprint density at radius 2 is 1.52 bits per heavy atom. The SMILES string of the molecule is CC(=O)c1ccc(N2C(=O)[C@@H]3[C@H](C2=O)[C@H]2C=C[C@H]3O2)cc1. The molecule has 0 saturated carbocycles. The number of ether oxygens (including phenoxy) is 1. The van der Waals surface area contributed by atoms with Gasteiger partial charge in [-0.15, -0.1) is 0 Å². The van der Waals surface area contributed by atoms with Gasteiger partial charge in [-0.05, 0) is 31.2 Å². The fourth-order valence-electron chi connectivity index (χ4n) is 3.40. The molecule has 4 rings (SSSR count). The molecule has 0 N–H and O–H groups in total. The number of nitrogens with zero attached hydrogens (tertiary/aromatic N) is 1. The second-order valence-corrected chi connectivity index (χ2v) is 5.62. The molecule has 2 saturated heterocycles. The van der Waals surface area contributed by atoms with E-state index >= 15 is 0 Å². The normalized spacial score (nSPS) is 32.9. The summed E-state index contributed by atoms with van der Waals surface area (Å²) in [5, 5.41) is 0. The van der Waals surface area contributed by atoms with Crippen molar-refractivity contribution >= 4 is 23.3 Å². The van der Waals surface area contributed by atoms with Crippen molar-refractivity contribution in [3.8, 4) is 0 Å². The van der Waals surface area contributed by atoms with Crippen LogP contribution in [0.5, 0.6) is 0 Å². The Bertz CT molecular complexity index is 661. The molecule has 2 fully saturated rings. The Morgan fingerprint density at radius 3 is 2.00 bits per heavy atom. The molecule has 3 aliphatic heterocycles. The minimum atomic E-state index is -0.403. The number of ketones is 1. The summed E-state index contributed by atoms with van der Waals surface area (Å²) in [5.41, 5.74) is 1.08. The van der Waals surface area contributed by atoms with Crippen molar-refractivity contribution in [2.45, 2.75) is 19.1 Å². The quantitative estimate of drug-likeness (QED) is 0.466. The van der Waals surface area contributed by atoms with E-state index in [1.54, 1.807) is 24.3 Å².